The first-order valence-electron chi connectivity index (χ1n) is 10.1. The standard InChI is InChI=1S/C23H27Cl3N2O2S/c1-3-4-10-27-23(30)16(2)28(13-18-8-9-20(25)12-21(18)26)22(29)15-31-14-17-6-5-7-19(24)11-17/h5-9,11-12,16H,3-4,10,13-15H2,1-2H3,(H,27,30)/t16-/m0/s1. The highest BCUT2D eigenvalue weighted by atomic mass is 35.5. The predicted molar refractivity (Wildman–Crippen MR) is 132 cm³/mol. The number of hydrogen-bond acceptors (Lipinski definition) is 3. The molecule has 4 nitrogen and oxygen atoms in total. The third kappa shape index (κ3) is 8.57. The van der Waals surface area contributed by atoms with Crippen molar-refractivity contribution >= 4 is 58.4 Å². The minimum atomic E-state index is -0.622. The molecule has 0 aliphatic heterocycles. The minimum absolute atomic E-state index is 0.129. The molecule has 1 atom stereocenters. The first-order valence-corrected chi connectivity index (χ1v) is 12.4. The molecule has 0 unspecified atom stereocenters. The fourth-order valence-electron chi connectivity index (χ4n) is 2.92. The number of nitrogens with one attached hydrogen (secondary N) is 1. The lowest BCUT2D eigenvalue weighted by Gasteiger charge is -2.29. The van der Waals surface area contributed by atoms with Crippen molar-refractivity contribution in [3.05, 3.63) is 68.7 Å². The van der Waals surface area contributed by atoms with Gasteiger partial charge in [-0.1, -0.05) is 66.3 Å². The molecule has 2 rings (SSSR count). The van der Waals surface area contributed by atoms with Gasteiger partial charge in [0.2, 0.25) is 11.8 Å². The van der Waals surface area contributed by atoms with Gasteiger partial charge in [-0.05, 0) is 48.7 Å². The molecule has 1 N–H and O–H groups in total. The van der Waals surface area contributed by atoms with Crippen LogP contribution in [0.1, 0.15) is 37.8 Å². The molecule has 0 aliphatic rings. The van der Waals surface area contributed by atoms with Crippen molar-refractivity contribution < 1.29 is 9.59 Å². The molecular weight excluding hydrogens is 475 g/mol. The summed E-state index contributed by atoms with van der Waals surface area (Å²) in [6.45, 7) is 4.62. The van der Waals surface area contributed by atoms with E-state index in [0.717, 1.165) is 24.0 Å². The van der Waals surface area contributed by atoms with Gasteiger partial charge in [-0.2, -0.15) is 0 Å². The highest BCUT2D eigenvalue weighted by Gasteiger charge is 2.26. The van der Waals surface area contributed by atoms with E-state index in [9.17, 15) is 9.59 Å². The Labute approximate surface area is 203 Å². The van der Waals surface area contributed by atoms with Crippen LogP contribution < -0.4 is 5.32 Å². The molecule has 2 aromatic carbocycles. The lowest BCUT2D eigenvalue weighted by atomic mass is 10.1. The number of unbranched alkanes of at least 4 members (excludes halogenated alkanes) is 1. The van der Waals surface area contributed by atoms with Crippen molar-refractivity contribution in [2.45, 2.75) is 45.0 Å². The highest BCUT2D eigenvalue weighted by Crippen LogP contribution is 2.24. The van der Waals surface area contributed by atoms with Crippen LogP contribution in [-0.4, -0.2) is 35.1 Å². The molecule has 0 saturated heterocycles. The molecule has 0 saturated carbocycles. The Hall–Kier alpha value is -1.40. The quantitative estimate of drug-likeness (QED) is 0.372. The summed E-state index contributed by atoms with van der Waals surface area (Å²) in [6.07, 6.45) is 1.88. The van der Waals surface area contributed by atoms with Crippen molar-refractivity contribution in [2.24, 2.45) is 0 Å². The molecule has 8 heteroatoms. The maximum absolute atomic E-state index is 13.1. The largest absolute Gasteiger partial charge is 0.354 e. The zero-order valence-electron chi connectivity index (χ0n) is 17.7. The number of hydrogen-bond donors (Lipinski definition) is 1. The second-order valence-corrected chi connectivity index (χ2v) is 9.47. The molecule has 0 aromatic heterocycles. The van der Waals surface area contributed by atoms with Crippen molar-refractivity contribution in [3.8, 4) is 0 Å². The second kappa shape index (κ2) is 13.2. The van der Waals surface area contributed by atoms with Crippen LogP contribution in [0.15, 0.2) is 42.5 Å². The van der Waals surface area contributed by atoms with Crippen LogP contribution in [0.4, 0.5) is 0 Å². The Morgan fingerprint density at radius 1 is 1.10 bits per heavy atom. The predicted octanol–water partition coefficient (Wildman–Crippen LogP) is 6.21. The third-order valence-corrected chi connectivity index (χ3v) is 6.55. The monoisotopic (exact) mass is 500 g/mol. The topological polar surface area (TPSA) is 49.4 Å². The molecule has 2 amide bonds. The number of amides is 2. The van der Waals surface area contributed by atoms with Gasteiger partial charge in [0.25, 0.3) is 0 Å². The van der Waals surface area contributed by atoms with E-state index in [1.165, 1.54) is 11.8 Å². The molecular formula is C23H27Cl3N2O2S. The molecule has 31 heavy (non-hydrogen) atoms. The van der Waals surface area contributed by atoms with Gasteiger partial charge in [-0.25, -0.2) is 0 Å². The van der Waals surface area contributed by atoms with E-state index in [-0.39, 0.29) is 24.1 Å². The summed E-state index contributed by atoms with van der Waals surface area (Å²) in [4.78, 5) is 27.3. The van der Waals surface area contributed by atoms with Gasteiger partial charge < -0.3 is 10.2 Å². The van der Waals surface area contributed by atoms with Gasteiger partial charge in [-0.15, -0.1) is 11.8 Å². The Kier molecular flexibility index (Phi) is 11.0. The summed E-state index contributed by atoms with van der Waals surface area (Å²) in [5, 5.41) is 4.57. The van der Waals surface area contributed by atoms with Crippen LogP contribution in [0.25, 0.3) is 0 Å². The summed E-state index contributed by atoms with van der Waals surface area (Å²) in [6, 6.07) is 12.1. The van der Waals surface area contributed by atoms with E-state index < -0.39 is 6.04 Å². The highest BCUT2D eigenvalue weighted by molar-refractivity contribution is 7.99. The number of benzene rings is 2. The van der Waals surface area contributed by atoms with Gasteiger partial charge in [-0.3, -0.25) is 9.59 Å². The maximum Gasteiger partial charge on any atom is 0.242 e. The number of halogens is 3. The van der Waals surface area contributed by atoms with Crippen LogP contribution in [0.5, 0.6) is 0 Å². The molecule has 2 aromatic rings. The zero-order valence-corrected chi connectivity index (χ0v) is 20.8. The van der Waals surface area contributed by atoms with Gasteiger partial charge in [0.15, 0.2) is 0 Å². The van der Waals surface area contributed by atoms with Gasteiger partial charge in [0, 0.05) is 33.9 Å². The van der Waals surface area contributed by atoms with Gasteiger partial charge in [0.05, 0.1) is 5.75 Å². The average Bonchev–Trinajstić information content (AvgIpc) is 2.73. The Morgan fingerprint density at radius 3 is 2.52 bits per heavy atom. The molecule has 0 bridgehead atoms. The van der Waals surface area contributed by atoms with Crippen LogP contribution in [0.2, 0.25) is 15.1 Å². The Balaban J connectivity index is 2.09. The number of thioether (sulfide) groups is 1. The molecule has 0 aliphatic carbocycles. The number of carbonyl (C=O) groups excluding carboxylic acids is 2. The van der Waals surface area contributed by atoms with Crippen molar-refractivity contribution in [1.29, 1.82) is 0 Å². The van der Waals surface area contributed by atoms with Crippen molar-refractivity contribution in [1.82, 2.24) is 10.2 Å². The molecule has 0 radical (unpaired) electrons. The summed E-state index contributed by atoms with van der Waals surface area (Å²) in [7, 11) is 0. The number of rotatable bonds is 11. The lowest BCUT2D eigenvalue weighted by molar-refractivity contribution is -0.138. The van der Waals surface area contributed by atoms with Crippen molar-refractivity contribution in [3.63, 3.8) is 0 Å². The first-order chi connectivity index (χ1) is 14.8. The SMILES string of the molecule is CCCCNC(=O)[C@H](C)N(Cc1ccc(Cl)cc1Cl)C(=O)CSCc1cccc(Cl)c1. The molecule has 0 heterocycles. The Morgan fingerprint density at radius 2 is 1.84 bits per heavy atom. The fraction of sp³-hybridized carbons (Fsp3) is 0.391. The summed E-state index contributed by atoms with van der Waals surface area (Å²) in [5.74, 6) is 0.589. The molecule has 168 valence electrons. The number of nitrogens with zero attached hydrogens (tertiary/aromatic N) is 1. The smallest absolute Gasteiger partial charge is 0.242 e. The first kappa shape index (κ1) is 25.9. The molecule has 0 fully saturated rings. The van der Waals surface area contributed by atoms with E-state index >= 15 is 0 Å². The van der Waals surface area contributed by atoms with E-state index in [0.29, 0.717) is 27.4 Å². The van der Waals surface area contributed by atoms with Crippen molar-refractivity contribution in [2.75, 3.05) is 12.3 Å². The van der Waals surface area contributed by atoms with Gasteiger partial charge >= 0.3 is 0 Å². The average molecular weight is 502 g/mol. The van der Waals surface area contributed by atoms with Crippen LogP contribution in [0, 0.1) is 0 Å². The Bertz CT molecular complexity index is 895. The van der Waals surface area contributed by atoms with E-state index in [4.69, 9.17) is 34.8 Å². The van der Waals surface area contributed by atoms with Crippen LogP contribution in [-0.2, 0) is 21.9 Å². The summed E-state index contributed by atoms with van der Waals surface area (Å²) >= 11 is 19.8. The zero-order chi connectivity index (χ0) is 22.8. The second-order valence-electron chi connectivity index (χ2n) is 7.20. The van der Waals surface area contributed by atoms with E-state index in [1.54, 1.807) is 30.0 Å². The molecule has 0 spiro atoms. The fourth-order valence-corrected chi connectivity index (χ4v) is 4.46. The summed E-state index contributed by atoms with van der Waals surface area (Å²) < 4.78 is 0. The third-order valence-electron chi connectivity index (χ3n) is 4.74. The van der Waals surface area contributed by atoms with E-state index in [2.05, 4.69) is 12.2 Å². The normalized spacial score (nSPS) is 11.8. The maximum atomic E-state index is 13.1. The lowest BCUT2D eigenvalue weighted by Crippen LogP contribution is -2.48. The number of carbonyl (C=O) groups is 2. The summed E-state index contributed by atoms with van der Waals surface area (Å²) in [5.41, 5.74) is 1.79. The minimum Gasteiger partial charge on any atom is -0.354 e. The van der Waals surface area contributed by atoms with E-state index in [1.807, 2.05) is 24.3 Å². The van der Waals surface area contributed by atoms with Crippen LogP contribution in [0.3, 0.4) is 0 Å². The van der Waals surface area contributed by atoms with Gasteiger partial charge in [0.1, 0.15) is 6.04 Å². The van der Waals surface area contributed by atoms with Crippen LogP contribution >= 0.6 is 46.6 Å².